The number of aromatic nitrogens is 1. The Labute approximate surface area is 66.3 Å². The van der Waals surface area contributed by atoms with Gasteiger partial charge in [-0.25, -0.2) is 0 Å². The van der Waals surface area contributed by atoms with Crippen LogP contribution in [0.5, 0.6) is 0 Å². The first-order chi connectivity index (χ1) is 4.50. The van der Waals surface area contributed by atoms with Crippen molar-refractivity contribution < 1.29 is 4.57 Å². The summed E-state index contributed by atoms with van der Waals surface area (Å²) in [6.45, 7) is 8.75. The Balaban J connectivity index is 2.96. The van der Waals surface area contributed by atoms with Crippen LogP contribution < -0.4 is 4.57 Å². The summed E-state index contributed by atoms with van der Waals surface area (Å²) in [7, 11) is 0. The van der Waals surface area contributed by atoms with Crippen molar-refractivity contribution in [2.24, 2.45) is 0 Å². The molecule has 1 nitrogen and oxygen atoms in total. The fraction of sp³-hybridized carbons (Fsp3) is 0.625. The van der Waals surface area contributed by atoms with Gasteiger partial charge in [0, 0.05) is 20.8 Å². The molecule has 1 aromatic heterocycles. The second kappa shape index (κ2) is 2.35. The smallest absolute Gasteiger partial charge is 0.191 e. The van der Waals surface area contributed by atoms with Gasteiger partial charge in [0.25, 0.3) is 0 Å². The maximum absolute atomic E-state index is 2.24. The minimum absolute atomic E-state index is 0.241. The van der Waals surface area contributed by atoms with Crippen LogP contribution in [-0.2, 0) is 5.54 Å². The molecule has 1 aromatic rings. The first-order valence-electron chi connectivity index (χ1n) is 3.47. The molecule has 0 N–H and O–H groups in total. The fourth-order valence-corrected chi connectivity index (χ4v) is 1.58. The van der Waals surface area contributed by atoms with E-state index in [2.05, 4.69) is 44.0 Å². The molecule has 0 spiro atoms. The van der Waals surface area contributed by atoms with Crippen molar-refractivity contribution in [3.05, 3.63) is 16.6 Å². The molecule has 10 heavy (non-hydrogen) atoms. The molecule has 0 atom stereocenters. The average molecular weight is 156 g/mol. The van der Waals surface area contributed by atoms with Crippen LogP contribution in [0.4, 0.5) is 0 Å². The van der Waals surface area contributed by atoms with E-state index in [1.54, 1.807) is 11.3 Å². The molecule has 0 saturated heterocycles. The van der Waals surface area contributed by atoms with Gasteiger partial charge >= 0.3 is 0 Å². The SMILES string of the molecule is Cc1c[n+](C(C)(C)C)cs1. The highest BCUT2D eigenvalue weighted by atomic mass is 32.1. The molecule has 1 heterocycles. The van der Waals surface area contributed by atoms with Crippen molar-refractivity contribution in [1.29, 1.82) is 0 Å². The summed E-state index contributed by atoms with van der Waals surface area (Å²) in [6, 6.07) is 0. The molecule has 0 aliphatic rings. The summed E-state index contributed by atoms with van der Waals surface area (Å²) >= 11 is 1.79. The van der Waals surface area contributed by atoms with Crippen molar-refractivity contribution in [1.82, 2.24) is 0 Å². The summed E-state index contributed by atoms with van der Waals surface area (Å²) in [5.74, 6) is 0. The second-order valence-corrected chi connectivity index (χ2v) is 4.63. The number of hydrogen-bond donors (Lipinski definition) is 0. The molecule has 0 aliphatic heterocycles. The summed E-state index contributed by atoms with van der Waals surface area (Å²) in [5, 5.41) is 0. The number of aryl methyl sites for hydroxylation is 1. The highest BCUT2D eigenvalue weighted by molar-refractivity contribution is 7.09. The Kier molecular flexibility index (Phi) is 1.82. The van der Waals surface area contributed by atoms with E-state index in [-0.39, 0.29) is 5.54 Å². The van der Waals surface area contributed by atoms with Gasteiger partial charge in [-0.1, -0.05) is 11.3 Å². The summed E-state index contributed by atoms with van der Waals surface area (Å²) < 4.78 is 2.24. The van der Waals surface area contributed by atoms with E-state index in [1.807, 2.05) is 0 Å². The molecule has 0 aromatic carbocycles. The molecule has 1 rings (SSSR count). The lowest BCUT2D eigenvalue weighted by atomic mass is 10.1. The zero-order valence-corrected chi connectivity index (χ0v) is 7.83. The molecular weight excluding hydrogens is 142 g/mol. The highest BCUT2D eigenvalue weighted by Crippen LogP contribution is 2.08. The maximum Gasteiger partial charge on any atom is 0.225 e. The zero-order chi connectivity index (χ0) is 7.78. The largest absolute Gasteiger partial charge is 0.225 e. The normalized spacial score (nSPS) is 12.0. The van der Waals surface area contributed by atoms with E-state index in [0.29, 0.717) is 0 Å². The van der Waals surface area contributed by atoms with E-state index in [4.69, 9.17) is 0 Å². The van der Waals surface area contributed by atoms with Gasteiger partial charge in [0.15, 0.2) is 11.7 Å². The van der Waals surface area contributed by atoms with Gasteiger partial charge in [-0.2, -0.15) is 4.57 Å². The minimum atomic E-state index is 0.241. The van der Waals surface area contributed by atoms with Gasteiger partial charge < -0.3 is 0 Å². The van der Waals surface area contributed by atoms with Gasteiger partial charge in [0.05, 0.1) is 4.88 Å². The molecule has 0 aliphatic carbocycles. The molecule has 0 unspecified atom stereocenters. The standard InChI is InChI=1S/C8H14NS/c1-7-5-9(6-10-7)8(2,3)4/h5-6H,1-4H3/q+1. The van der Waals surface area contributed by atoms with Crippen LogP contribution in [0.25, 0.3) is 0 Å². The third kappa shape index (κ3) is 1.57. The van der Waals surface area contributed by atoms with Crippen LogP contribution >= 0.6 is 11.3 Å². The minimum Gasteiger partial charge on any atom is -0.191 e. The molecule has 56 valence electrons. The molecule has 2 heteroatoms. The van der Waals surface area contributed by atoms with Crippen molar-refractivity contribution in [3.63, 3.8) is 0 Å². The van der Waals surface area contributed by atoms with Crippen LogP contribution in [0, 0.1) is 6.92 Å². The summed E-state index contributed by atoms with van der Waals surface area (Å²) in [5.41, 5.74) is 2.40. The number of nitrogens with zero attached hydrogens (tertiary/aromatic N) is 1. The van der Waals surface area contributed by atoms with Crippen LogP contribution in [0.3, 0.4) is 0 Å². The Morgan fingerprint density at radius 3 is 2.20 bits per heavy atom. The second-order valence-electron chi connectivity index (χ2n) is 3.54. The molecule has 0 radical (unpaired) electrons. The number of thiazole rings is 1. The first-order valence-corrected chi connectivity index (χ1v) is 4.35. The maximum atomic E-state index is 2.24. The van der Waals surface area contributed by atoms with Crippen LogP contribution in [0.15, 0.2) is 11.7 Å². The van der Waals surface area contributed by atoms with Crippen LogP contribution in [-0.4, -0.2) is 0 Å². The van der Waals surface area contributed by atoms with Crippen molar-refractivity contribution >= 4 is 11.3 Å². The van der Waals surface area contributed by atoms with Gasteiger partial charge in [0.2, 0.25) is 5.51 Å². The lowest BCUT2D eigenvalue weighted by Gasteiger charge is -2.08. The Bertz CT molecular complexity index is 219. The van der Waals surface area contributed by atoms with Gasteiger partial charge in [0.1, 0.15) is 0 Å². The van der Waals surface area contributed by atoms with Crippen LogP contribution in [0.1, 0.15) is 25.6 Å². The Morgan fingerprint density at radius 1 is 1.40 bits per heavy atom. The molecule has 0 bridgehead atoms. The van der Waals surface area contributed by atoms with Gasteiger partial charge in [-0.3, -0.25) is 0 Å². The van der Waals surface area contributed by atoms with Crippen LogP contribution in [0.2, 0.25) is 0 Å². The molecular formula is C8H14NS+. The highest BCUT2D eigenvalue weighted by Gasteiger charge is 2.21. The van der Waals surface area contributed by atoms with Crippen molar-refractivity contribution in [3.8, 4) is 0 Å². The van der Waals surface area contributed by atoms with E-state index < -0.39 is 0 Å². The van der Waals surface area contributed by atoms with Crippen molar-refractivity contribution in [2.45, 2.75) is 33.2 Å². The van der Waals surface area contributed by atoms with E-state index in [1.165, 1.54) is 4.88 Å². The van der Waals surface area contributed by atoms with Gasteiger partial charge in [-0.05, 0) is 6.92 Å². The number of hydrogen-bond acceptors (Lipinski definition) is 1. The Morgan fingerprint density at radius 2 is 2.00 bits per heavy atom. The average Bonchev–Trinajstić information content (AvgIpc) is 2.11. The topological polar surface area (TPSA) is 3.88 Å². The predicted octanol–water partition coefficient (Wildman–Crippen LogP) is 2.10. The molecule has 0 saturated carbocycles. The van der Waals surface area contributed by atoms with E-state index in [0.717, 1.165) is 0 Å². The van der Waals surface area contributed by atoms with Gasteiger partial charge in [-0.15, -0.1) is 0 Å². The lowest BCUT2D eigenvalue weighted by Crippen LogP contribution is -2.48. The fourth-order valence-electron chi connectivity index (χ4n) is 0.748. The van der Waals surface area contributed by atoms with E-state index >= 15 is 0 Å². The molecule has 0 fully saturated rings. The monoisotopic (exact) mass is 156 g/mol. The third-order valence-corrected chi connectivity index (χ3v) is 2.26. The lowest BCUT2D eigenvalue weighted by molar-refractivity contribution is -0.750. The predicted molar refractivity (Wildman–Crippen MR) is 44.2 cm³/mol. The third-order valence-electron chi connectivity index (χ3n) is 1.45. The summed E-state index contributed by atoms with van der Waals surface area (Å²) in [4.78, 5) is 1.37. The van der Waals surface area contributed by atoms with E-state index in [9.17, 15) is 0 Å². The zero-order valence-electron chi connectivity index (χ0n) is 7.01. The quantitative estimate of drug-likeness (QED) is 0.506. The van der Waals surface area contributed by atoms with Crippen molar-refractivity contribution in [2.75, 3.05) is 0 Å². The molecule has 0 amide bonds. The summed E-state index contributed by atoms with van der Waals surface area (Å²) in [6.07, 6.45) is 2.19. The first kappa shape index (κ1) is 7.73. The number of rotatable bonds is 0. The Hall–Kier alpha value is -0.370.